The van der Waals surface area contributed by atoms with Gasteiger partial charge in [0.25, 0.3) is 5.91 Å². The van der Waals surface area contributed by atoms with Crippen LogP contribution in [0.2, 0.25) is 0 Å². The highest BCUT2D eigenvalue weighted by Gasteiger charge is 2.44. The Kier molecular flexibility index (Phi) is 6.08. The molecule has 2 bridgehead atoms. The lowest BCUT2D eigenvalue weighted by Gasteiger charge is -2.41. The van der Waals surface area contributed by atoms with E-state index in [0.717, 1.165) is 23.1 Å². The third-order valence-corrected chi connectivity index (χ3v) is 8.09. The van der Waals surface area contributed by atoms with E-state index >= 15 is 0 Å². The fraction of sp³-hybridized carbons (Fsp3) is 0.355. The van der Waals surface area contributed by atoms with Crippen molar-refractivity contribution in [1.82, 2.24) is 24.8 Å². The number of hydrogen-bond donors (Lipinski definition) is 1. The van der Waals surface area contributed by atoms with Crippen molar-refractivity contribution in [1.29, 1.82) is 0 Å². The van der Waals surface area contributed by atoms with E-state index in [4.69, 9.17) is 14.5 Å². The molecule has 0 spiro atoms. The van der Waals surface area contributed by atoms with Gasteiger partial charge in [-0.15, -0.1) is 0 Å². The molecule has 220 valence electrons. The second-order valence-electron chi connectivity index (χ2n) is 12.0. The van der Waals surface area contributed by atoms with Crippen molar-refractivity contribution in [3.63, 3.8) is 0 Å². The molecule has 10 nitrogen and oxygen atoms in total. The predicted octanol–water partition coefficient (Wildman–Crippen LogP) is 5.93. The summed E-state index contributed by atoms with van der Waals surface area (Å²) >= 11 is 0. The molecule has 1 atom stereocenters. The number of fused-ring (bicyclic) bond motifs is 9. The first-order chi connectivity index (χ1) is 20.5. The molecule has 3 aliphatic rings. The molecule has 1 saturated carbocycles. The smallest absolute Gasteiger partial charge is 0.408 e. The maximum absolute atomic E-state index is 13.3. The van der Waals surface area contributed by atoms with Crippen LogP contribution in [0.1, 0.15) is 80.1 Å². The molecule has 1 N–H and O–H groups in total. The van der Waals surface area contributed by atoms with Gasteiger partial charge >= 0.3 is 12.7 Å². The molecular weight excluding hydrogens is 558 g/mol. The summed E-state index contributed by atoms with van der Waals surface area (Å²) in [6, 6.07) is 9.74. The number of amides is 2. The zero-order valence-electron chi connectivity index (χ0n) is 23.7. The van der Waals surface area contributed by atoms with Gasteiger partial charge in [0.05, 0.1) is 28.4 Å². The average Bonchev–Trinajstić information content (AvgIpc) is 3.41. The van der Waals surface area contributed by atoms with Crippen molar-refractivity contribution in [2.75, 3.05) is 0 Å². The number of carbonyl (C=O) groups is 2. The minimum Gasteiger partial charge on any atom is -0.444 e. The van der Waals surface area contributed by atoms with E-state index in [9.17, 15) is 18.4 Å². The highest BCUT2D eigenvalue weighted by molar-refractivity contribution is 6.14. The summed E-state index contributed by atoms with van der Waals surface area (Å²) in [5, 5.41) is 2.97. The summed E-state index contributed by atoms with van der Waals surface area (Å²) < 4.78 is 38.9. The molecular formula is C31H28F2N6O4. The van der Waals surface area contributed by atoms with Crippen molar-refractivity contribution in [2.45, 2.75) is 70.2 Å². The molecule has 1 fully saturated rings. The number of alkyl carbamates (subject to hydrolysis) is 1. The minimum absolute atomic E-state index is 0.0536. The number of carbonyl (C=O) groups excluding carboxylic acids is 2. The Bertz CT molecular complexity index is 1820. The van der Waals surface area contributed by atoms with Gasteiger partial charge < -0.3 is 19.4 Å². The number of aliphatic imine (C=N–C) groups is 1. The number of alkyl halides is 2. The van der Waals surface area contributed by atoms with Crippen LogP contribution in [-0.2, 0) is 10.3 Å². The molecule has 4 heterocycles. The molecule has 2 amide bonds. The normalized spacial score (nSPS) is 18.4. The number of nitrogens with zero attached hydrogens (tertiary/aromatic N) is 5. The third kappa shape index (κ3) is 4.61. The number of benzene rings is 2. The van der Waals surface area contributed by atoms with Crippen molar-refractivity contribution in [3.05, 3.63) is 71.6 Å². The van der Waals surface area contributed by atoms with Gasteiger partial charge in [0.2, 0.25) is 0 Å². The van der Waals surface area contributed by atoms with Crippen molar-refractivity contribution >= 4 is 28.7 Å². The SMILES string of the molecule is CC(C)(C)OC(=O)NC1(c2ncc(-c3ccc4nc5n(c4c3)C3CC5=NC(=O)c4cccc(OC(F)F)c43)cn2)CCC1. The van der Waals surface area contributed by atoms with Crippen LogP contribution >= 0.6 is 0 Å². The maximum Gasteiger partial charge on any atom is 0.408 e. The molecule has 0 radical (unpaired) electrons. The van der Waals surface area contributed by atoms with Crippen LogP contribution in [-0.4, -0.2) is 49.4 Å². The first kappa shape index (κ1) is 27.1. The number of rotatable bonds is 5. The van der Waals surface area contributed by atoms with Gasteiger partial charge in [-0.3, -0.25) is 4.79 Å². The van der Waals surface area contributed by atoms with Crippen LogP contribution in [0.3, 0.4) is 0 Å². The lowest BCUT2D eigenvalue weighted by molar-refractivity contribution is -0.0507. The van der Waals surface area contributed by atoms with Gasteiger partial charge in [-0.2, -0.15) is 8.78 Å². The fourth-order valence-corrected chi connectivity index (χ4v) is 6.10. The number of aromatic nitrogens is 4. The van der Waals surface area contributed by atoms with Gasteiger partial charge in [-0.05, 0) is 69.9 Å². The zero-order valence-corrected chi connectivity index (χ0v) is 23.7. The van der Waals surface area contributed by atoms with Gasteiger partial charge in [0, 0.05) is 29.9 Å². The summed E-state index contributed by atoms with van der Waals surface area (Å²) in [4.78, 5) is 43.7. The van der Waals surface area contributed by atoms with Gasteiger partial charge in [-0.25, -0.2) is 24.7 Å². The molecule has 12 heteroatoms. The molecule has 2 aliphatic heterocycles. The second-order valence-corrected chi connectivity index (χ2v) is 12.0. The van der Waals surface area contributed by atoms with E-state index in [-0.39, 0.29) is 11.3 Å². The average molecular weight is 587 g/mol. The van der Waals surface area contributed by atoms with Crippen LogP contribution in [0.5, 0.6) is 5.75 Å². The molecule has 2 aromatic heterocycles. The van der Waals surface area contributed by atoms with E-state index in [1.54, 1.807) is 18.5 Å². The molecule has 7 rings (SSSR count). The van der Waals surface area contributed by atoms with Gasteiger partial charge in [-0.1, -0.05) is 12.1 Å². The lowest BCUT2D eigenvalue weighted by Crippen LogP contribution is -2.53. The van der Waals surface area contributed by atoms with E-state index in [0.29, 0.717) is 47.7 Å². The lowest BCUT2D eigenvalue weighted by atomic mass is 9.76. The minimum atomic E-state index is -3.04. The molecule has 1 unspecified atom stereocenters. The second kappa shape index (κ2) is 9.65. The van der Waals surface area contributed by atoms with Crippen LogP contribution in [0.15, 0.2) is 53.8 Å². The Labute approximate surface area is 245 Å². The number of hydrogen-bond acceptors (Lipinski definition) is 7. The Hall–Kier alpha value is -4.74. The summed E-state index contributed by atoms with van der Waals surface area (Å²) in [6.45, 7) is 2.40. The van der Waals surface area contributed by atoms with Crippen molar-refractivity contribution < 1.29 is 27.8 Å². The summed E-state index contributed by atoms with van der Waals surface area (Å²) in [6.07, 6.45) is 5.63. The summed E-state index contributed by atoms with van der Waals surface area (Å²) in [5.41, 5.74) is 2.81. The number of ether oxygens (including phenoxy) is 2. The molecule has 0 saturated heterocycles. The first-order valence-corrected chi connectivity index (χ1v) is 14.1. The number of nitrogens with one attached hydrogen (secondary N) is 1. The Morgan fingerprint density at radius 2 is 1.88 bits per heavy atom. The van der Waals surface area contributed by atoms with Gasteiger partial charge in [0.15, 0.2) is 11.6 Å². The Balaban J connectivity index is 1.25. The quantitative estimate of drug-likeness (QED) is 0.308. The molecule has 43 heavy (non-hydrogen) atoms. The van der Waals surface area contributed by atoms with E-state index in [2.05, 4.69) is 20.3 Å². The molecule has 2 aromatic carbocycles. The standard InChI is InChI=1S/C31H28F2N6O4/c1-30(2,3)43-29(41)38-31(10-5-11-31)27-34-14-17(15-35-27)16-8-9-19-21(12-16)39-22-13-20(25(39)36-19)37-26(40)18-6-4-7-23(24(18)22)42-28(32)33/h4,6-9,12,14-15,22,28H,5,10-11,13H2,1-3H3,(H,38,41). The monoisotopic (exact) mass is 586 g/mol. The summed E-state index contributed by atoms with van der Waals surface area (Å²) in [7, 11) is 0. The third-order valence-electron chi connectivity index (χ3n) is 8.09. The van der Waals surface area contributed by atoms with Crippen LogP contribution in [0, 0.1) is 0 Å². The summed E-state index contributed by atoms with van der Waals surface area (Å²) in [5.74, 6) is 0.487. The van der Waals surface area contributed by atoms with Crippen LogP contribution < -0.4 is 10.1 Å². The maximum atomic E-state index is 13.3. The highest BCUT2D eigenvalue weighted by Crippen LogP contribution is 2.44. The van der Waals surface area contributed by atoms with Crippen LogP contribution in [0.25, 0.3) is 22.2 Å². The zero-order chi connectivity index (χ0) is 30.1. The van der Waals surface area contributed by atoms with E-state index in [1.807, 2.05) is 43.5 Å². The Morgan fingerprint density at radius 3 is 2.56 bits per heavy atom. The Morgan fingerprint density at radius 1 is 1.12 bits per heavy atom. The van der Waals surface area contributed by atoms with Crippen molar-refractivity contribution in [2.24, 2.45) is 4.99 Å². The van der Waals surface area contributed by atoms with E-state index < -0.39 is 35.8 Å². The highest BCUT2D eigenvalue weighted by atomic mass is 19.3. The largest absolute Gasteiger partial charge is 0.444 e. The predicted molar refractivity (Wildman–Crippen MR) is 152 cm³/mol. The number of imidazole rings is 1. The molecule has 1 aliphatic carbocycles. The van der Waals surface area contributed by atoms with E-state index in [1.165, 1.54) is 12.1 Å². The van der Waals surface area contributed by atoms with Crippen LogP contribution in [0.4, 0.5) is 13.6 Å². The van der Waals surface area contributed by atoms with Crippen molar-refractivity contribution in [3.8, 4) is 16.9 Å². The molecule has 4 aromatic rings. The first-order valence-electron chi connectivity index (χ1n) is 14.1. The fourth-order valence-electron chi connectivity index (χ4n) is 6.10. The topological polar surface area (TPSA) is 121 Å². The number of halogens is 2. The van der Waals surface area contributed by atoms with Gasteiger partial charge in [0.1, 0.15) is 16.9 Å².